The lowest BCUT2D eigenvalue weighted by Gasteiger charge is -2.41. The monoisotopic (exact) mass is 589 g/mol. The number of hydrogen-bond acceptors (Lipinski definition) is 4. The zero-order chi connectivity index (χ0) is 29.2. The van der Waals surface area contributed by atoms with Gasteiger partial charge in [0, 0.05) is 73.3 Å². The lowest BCUT2D eigenvalue weighted by Crippen LogP contribution is -2.46. The van der Waals surface area contributed by atoms with Gasteiger partial charge in [-0.15, -0.1) is 0 Å². The van der Waals surface area contributed by atoms with Crippen molar-refractivity contribution >= 4 is 35.0 Å². The van der Waals surface area contributed by atoms with Gasteiger partial charge in [0.1, 0.15) is 5.82 Å². The predicted octanol–water partition coefficient (Wildman–Crippen LogP) is 5.84. The molecule has 3 atom stereocenters. The van der Waals surface area contributed by atoms with Crippen LogP contribution in [0.15, 0.2) is 54.6 Å². The van der Waals surface area contributed by atoms with E-state index in [0.29, 0.717) is 36.2 Å². The zero-order valence-electron chi connectivity index (χ0n) is 24.4. The van der Waals surface area contributed by atoms with Gasteiger partial charge in [-0.3, -0.25) is 9.80 Å². The highest BCUT2D eigenvalue weighted by atomic mass is 35.5. The normalized spacial score (nSPS) is 21.6. The van der Waals surface area contributed by atoms with Gasteiger partial charge in [-0.1, -0.05) is 29.8 Å². The lowest BCUT2D eigenvalue weighted by atomic mass is 9.95. The largest absolute Gasteiger partial charge is 0.341 e. The fourth-order valence-electron chi connectivity index (χ4n) is 7.27. The summed E-state index contributed by atoms with van der Waals surface area (Å²) < 4.78 is 2.50. The van der Waals surface area contributed by atoms with Crippen LogP contribution >= 0.6 is 11.6 Å². The van der Waals surface area contributed by atoms with E-state index in [9.17, 15) is 9.59 Å². The highest BCUT2D eigenvalue weighted by Crippen LogP contribution is 2.42. The summed E-state index contributed by atoms with van der Waals surface area (Å²) in [6.45, 7) is 5.04. The van der Waals surface area contributed by atoms with E-state index in [0.717, 1.165) is 61.7 Å². The number of aryl methyl sites for hydroxylation is 1. The number of aromatic nitrogens is 2. The molecule has 2 saturated heterocycles. The summed E-state index contributed by atoms with van der Waals surface area (Å²) in [7, 11) is 1.68. The van der Waals surface area contributed by atoms with Gasteiger partial charge in [0.05, 0.1) is 12.2 Å². The minimum atomic E-state index is -0.138. The van der Waals surface area contributed by atoms with Crippen molar-refractivity contribution in [1.29, 1.82) is 0 Å². The van der Waals surface area contributed by atoms with Crippen molar-refractivity contribution < 1.29 is 9.59 Å². The van der Waals surface area contributed by atoms with E-state index in [1.165, 1.54) is 18.5 Å². The summed E-state index contributed by atoms with van der Waals surface area (Å²) in [5.74, 6) is 1.07. The maximum atomic E-state index is 13.4. The van der Waals surface area contributed by atoms with E-state index in [-0.39, 0.29) is 12.1 Å². The number of nitrogens with one attached hydrogen (secondary N) is 2. The molecule has 1 aromatic heterocycles. The SMILES string of the molecule is CNC(=O)N1CCc2c(nc(C)n2C2CC3CC[C@@H](C2)N3CCCN(C(=O)Nc2ccc(Cl)cc2)c2ccccc2)C1. The van der Waals surface area contributed by atoms with Crippen LogP contribution in [0.3, 0.4) is 0 Å². The van der Waals surface area contributed by atoms with Crippen molar-refractivity contribution in [3.05, 3.63) is 76.8 Å². The minimum absolute atomic E-state index is 0.0347. The Bertz CT molecular complexity index is 1400. The topological polar surface area (TPSA) is 85.7 Å². The summed E-state index contributed by atoms with van der Waals surface area (Å²) >= 11 is 6.03. The van der Waals surface area contributed by atoms with Gasteiger partial charge >= 0.3 is 12.1 Å². The minimum Gasteiger partial charge on any atom is -0.341 e. The average Bonchev–Trinajstić information content (AvgIpc) is 3.45. The van der Waals surface area contributed by atoms with Gasteiger partial charge in [-0.25, -0.2) is 14.6 Å². The highest BCUT2D eigenvalue weighted by molar-refractivity contribution is 6.30. The van der Waals surface area contributed by atoms with Gasteiger partial charge in [0.25, 0.3) is 0 Å². The molecule has 2 fully saturated rings. The number of halogens is 1. The quantitative estimate of drug-likeness (QED) is 0.363. The lowest BCUT2D eigenvalue weighted by molar-refractivity contribution is 0.104. The molecule has 42 heavy (non-hydrogen) atoms. The number of amides is 4. The molecule has 0 aliphatic carbocycles. The van der Waals surface area contributed by atoms with Gasteiger partial charge < -0.3 is 20.1 Å². The third-order valence-electron chi connectivity index (χ3n) is 9.16. The van der Waals surface area contributed by atoms with Crippen LogP contribution in [0.1, 0.15) is 55.4 Å². The molecule has 2 aromatic carbocycles. The summed E-state index contributed by atoms with van der Waals surface area (Å²) in [4.78, 5) is 36.8. The van der Waals surface area contributed by atoms with Crippen LogP contribution in [0.5, 0.6) is 0 Å². The first-order valence-electron chi connectivity index (χ1n) is 15.1. The van der Waals surface area contributed by atoms with E-state index in [4.69, 9.17) is 16.6 Å². The Morgan fingerprint density at radius 3 is 2.43 bits per heavy atom. The Morgan fingerprint density at radius 1 is 1.02 bits per heavy atom. The molecule has 10 heteroatoms. The van der Waals surface area contributed by atoms with Crippen LogP contribution in [0, 0.1) is 6.92 Å². The summed E-state index contributed by atoms with van der Waals surface area (Å²) in [5.41, 5.74) is 3.98. The Hall–Kier alpha value is -3.56. The van der Waals surface area contributed by atoms with Crippen LogP contribution in [0.4, 0.5) is 21.0 Å². The molecule has 9 nitrogen and oxygen atoms in total. The van der Waals surface area contributed by atoms with Crippen molar-refractivity contribution in [2.45, 2.75) is 70.1 Å². The van der Waals surface area contributed by atoms with Gasteiger partial charge in [-0.05, 0) is 75.4 Å². The van der Waals surface area contributed by atoms with Crippen LogP contribution in [0.2, 0.25) is 5.02 Å². The number of carbonyl (C=O) groups is 2. The fraction of sp³-hybridized carbons (Fsp3) is 0.469. The number of piperidine rings is 1. The number of anilines is 2. The number of nitrogens with zero attached hydrogens (tertiary/aromatic N) is 5. The molecule has 4 amide bonds. The van der Waals surface area contributed by atoms with E-state index in [1.807, 2.05) is 52.3 Å². The molecule has 3 aromatic rings. The number of hydrogen-bond donors (Lipinski definition) is 2. The smallest absolute Gasteiger partial charge is 0.326 e. The second-order valence-electron chi connectivity index (χ2n) is 11.7. The van der Waals surface area contributed by atoms with Gasteiger partial charge in [0.15, 0.2) is 0 Å². The first-order valence-corrected chi connectivity index (χ1v) is 15.5. The van der Waals surface area contributed by atoms with Gasteiger partial charge in [-0.2, -0.15) is 0 Å². The molecular formula is C32H40ClN7O2. The second-order valence-corrected chi connectivity index (χ2v) is 12.1. The Balaban J connectivity index is 1.09. The van der Waals surface area contributed by atoms with E-state index in [1.54, 1.807) is 19.2 Å². The molecule has 4 heterocycles. The Labute approximate surface area is 252 Å². The summed E-state index contributed by atoms with van der Waals surface area (Å²) in [6, 6.07) is 18.5. The van der Waals surface area contributed by atoms with Crippen molar-refractivity contribution in [2.24, 2.45) is 0 Å². The molecule has 3 aliphatic heterocycles. The molecule has 6 rings (SSSR count). The number of carbonyl (C=O) groups excluding carboxylic acids is 2. The maximum absolute atomic E-state index is 13.4. The predicted molar refractivity (Wildman–Crippen MR) is 166 cm³/mol. The second kappa shape index (κ2) is 12.4. The van der Waals surface area contributed by atoms with E-state index >= 15 is 0 Å². The molecular weight excluding hydrogens is 550 g/mol. The van der Waals surface area contributed by atoms with Crippen molar-refractivity contribution in [3.63, 3.8) is 0 Å². The fourth-order valence-corrected chi connectivity index (χ4v) is 7.39. The number of urea groups is 2. The zero-order valence-corrected chi connectivity index (χ0v) is 25.2. The molecule has 0 radical (unpaired) electrons. The molecule has 3 aliphatic rings. The number of rotatable bonds is 7. The first-order chi connectivity index (χ1) is 20.4. The van der Waals surface area contributed by atoms with Crippen LogP contribution in [-0.2, 0) is 13.0 Å². The van der Waals surface area contributed by atoms with Crippen molar-refractivity contribution in [1.82, 2.24) is 24.7 Å². The summed E-state index contributed by atoms with van der Waals surface area (Å²) in [5, 5.41) is 6.42. The van der Waals surface area contributed by atoms with Gasteiger partial charge in [0.2, 0.25) is 0 Å². The molecule has 0 spiro atoms. The summed E-state index contributed by atoms with van der Waals surface area (Å²) in [6.07, 6.45) is 6.45. The van der Waals surface area contributed by atoms with Crippen LogP contribution in [-0.4, -0.2) is 70.2 Å². The number of benzene rings is 2. The van der Waals surface area contributed by atoms with Crippen LogP contribution in [0.25, 0.3) is 0 Å². The molecule has 0 saturated carbocycles. The number of para-hydroxylation sites is 1. The number of fused-ring (bicyclic) bond motifs is 3. The third-order valence-corrected chi connectivity index (χ3v) is 9.41. The Morgan fingerprint density at radius 2 is 1.74 bits per heavy atom. The first kappa shape index (κ1) is 28.6. The van der Waals surface area contributed by atoms with Crippen molar-refractivity contribution in [2.75, 3.05) is 36.9 Å². The molecule has 2 bridgehead atoms. The van der Waals surface area contributed by atoms with Crippen molar-refractivity contribution in [3.8, 4) is 0 Å². The standard InChI is InChI=1S/C32H40ClN7O2/c1-22-35-29-21-37(31(41)34-2)18-15-30(29)40(22)28-19-26-13-14-27(20-28)38(26)16-6-17-39(25-7-4-3-5-8-25)32(42)36-24-11-9-23(33)10-12-24/h3-5,7-12,26-28H,6,13-21H2,1-2H3,(H,34,41)(H,36,42)/t26-,27?,28?/m0/s1. The Kier molecular flexibility index (Phi) is 8.40. The van der Waals surface area contributed by atoms with E-state index < -0.39 is 0 Å². The average molecular weight is 590 g/mol. The maximum Gasteiger partial charge on any atom is 0.326 e. The molecule has 2 unspecified atom stereocenters. The molecule has 222 valence electrons. The third kappa shape index (κ3) is 5.85. The molecule has 2 N–H and O–H groups in total. The van der Waals surface area contributed by atoms with E-state index in [2.05, 4.69) is 27.0 Å². The number of imidazole rings is 1. The van der Waals surface area contributed by atoms with Crippen LogP contribution < -0.4 is 15.5 Å². The highest BCUT2D eigenvalue weighted by Gasteiger charge is 2.42.